The minimum absolute atomic E-state index is 0.808. The molecule has 0 heterocycles. The van der Waals surface area contributed by atoms with E-state index in [4.69, 9.17) is 5.73 Å². The van der Waals surface area contributed by atoms with E-state index in [2.05, 4.69) is 42.5 Å². The van der Waals surface area contributed by atoms with Gasteiger partial charge in [0, 0.05) is 5.69 Å². The third kappa shape index (κ3) is 2.01. The fourth-order valence-electron chi connectivity index (χ4n) is 2.51. The first-order valence-corrected chi connectivity index (χ1v) is 6.70. The summed E-state index contributed by atoms with van der Waals surface area (Å²) in [6, 6.07) is 15.3. The Balaban J connectivity index is 1.89. The van der Waals surface area contributed by atoms with Crippen molar-refractivity contribution in [3.8, 4) is 11.1 Å². The number of rotatable bonds is 2. The first kappa shape index (κ1) is 11.3. The van der Waals surface area contributed by atoms with Crippen molar-refractivity contribution in [2.24, 2.45) is 0 Å². The third-order valence-electron chi connectivity index (χ3n) is 4.10. The molecule has 0 amide bonds. The van der Waals surface area contributed by atoms with Gasteiger partial charge in [0.1, 0.15) is 0 Å². The standard InChI is InChI=1S/C17H19N/c1-12-5-6-16(11-17(12)18)15-9-7-14(8-10-15)13-3-2-4-13/h5-11,13H,2-4,18H2,1H3. The molecule has 2 N–H and O–H groups in total. The molecule has 0 atom stereocenters. The van der Waals surface area contributed by atoms with E-state index in [0.29, 0.717) is 0 Å². The van der Waals surface area contributed by atoms with Gasteiger partial charge in [-0.15, -0.1) is 0 Å². The van der Waals surface area contributed by atoms with Gasteiger partial charge in [-0.3, -0.25) is 0 Å². The van der Waals surface area contributed by atoms with Crippen molar-refractivity contribution in [2.45, 2.75) is 32.1 Å². The zero-order valence-corrected chi connectivity index (χ0v) is 10.8. The smallest absolute Gasteiger partial charge is 0.0349 e. The van der Waals surface area contributed by atoms with Gasteiger partial charge in [0.15, 0.2) is 0 Å². The van der Waals surface area contributed by atoms with Crippen LogP contribution < -0.4 is 5.73 Å². The van der Waals surface area contributed by atoms with Crippen LogP contribution in [0.1, 0.15) is 36.3 Å². The predicted octanol–water partition coefficient (Wildman–Crippen LogP) is 4.51. The number of hydrogen-bond donors (Lipinski definition) is 1. The molecule has 0 aromatic heterocycles. The van der Waals surface area contributed by atoms with Gasteiger partial charge in [0.05, 0.1) is 0 Å². The van der Waals surface area contributed by atoms with Gasteiger partial charge in [-0.2, -0.15) is 0 Å². The van der Waals surface area contributed by atoms with E-state index in [1.54, 1.807) is 0 Å². The molecule has 2 aromatic carbocycles. The Labute approximate surface area is 109 Å². The zero-order chi connectivity index (χ0) is 12.5. The van der Waals surface area contributed by atoms with Crippen molar-refractivity contribution < 1.29 is 0 Å². The second-order valence-electron chi connectivity index (χ2n) is 5.32. The molecule has 1 aliphatic carbocycles. The quantitative estimate of drug-likeness (QED) is 0.764. The molecule has 92 valence electrons. The summed E-state index contributed by atoms with van der Waals surface area (Å²) in [5.41, 5.74) is 11.9. The Morgan fingerprint density at radius 2 is 1.61 bits per heavy atom. The molecule has 1 saturated carbocycles. The van der Waals surface area contributed by atoms with Crippen LogP contribution in [0.4, 0.5) is 5.69 Å². The molecule has 1 nitrogen and oxygen atoms in total. The molecule has 0 unspecified atom stereocenters. The Morgan fingerprint density at radius 3 is 2.17 bits per heavy atom. The summed E-state index contributed by atoms with van der Waals surface area (Å²) in [5.74, 6) is 0.808. The monoisotopic (exact) mass is 237 g/mol. The van der Waals surface area contributed by atoms with E-state index in [1.165, 1.54) is 36.0 Å². The van der Waals surface area contributed by atoms with Gasteiger partial charge >= 0.3 is 0 Å². The fourth-order valence-corrected chi connectivity index (χ4v) is 2.51. The van der Waals surface area contributed by atoms with Crippen molar-refractivity contribution in [2.75, 3.05) is 5.73 Å². The maximum atomic E-state index is 5.97. The van der Waals surface area contributed by atoms with Crippen molar-refractivity contribution in [1.29, 1.82) is 0 Å². The number of nitrogen functional groups attached to an aromatic ring is 1. The van der Waals surface area contributed by atoms with Gasteiger partial charge < -0.3 is 5.73 Å². The van der Waals surface area contributed by atoms with Gasteiger partial charge in [-0.1, -0.05) is 42.8 Å². The number of aryl methyl sites for hydroxylation is 1. The highest BCUT2D eigenvalue weighted by molar-refractivity contribution is 5.69. The van der Waals surface area contributed by atoms with Gasteiger partial charge in [0.25, 0.3) is 0 Å². The average Bonchev–Trinajstić information content (AvgIpc) is 2.32. The van der Waals surface area contributed by atoms with E-state index < -0.39 is 0 Å². The van der Waals surface area contributed by atoms with Crippen LogP contribution in [0.5, 0.6) is 0 Å². The van der Waals surface area contributed by atoms with Crippen LogP contribution in [0.2, 0.25) is 0 Å². The number of benzene rings is 2. The summed E-state index contributed by atoms with van der Waals surface area (Å²) in [6.45, 7) is 2.04. The second kappa shape index (κ2) is 4.49. The highest BCUT2D eigenvalue weighted by Gasteiger charge is 2.18. The summed E-state index contributed by atoms with van der Waals surface area (Å²) in [6.07, 6.45) is 4.11. The summed E-state index contributed by atoms with van der Waals surface area (Å²) in [5, 5.41) is 0. The summed E-state index contributed by atoms with van der Waals surface area (Å²) in [4.78, 5) is 0. The number of nitrogens with two attached hydrogens (primary N) is 1. The lowest BCUT2D eigenvalue weighted by Gasteiger charge is -2.25. The van der Waals surface area contributed by atoms with E-state index in [9.17, 15) is 0 Å². The van der Waals surface area contributed by atoms with Crippen LogP contribution in [0.15, 0.2) is 42.5 Å². The predicted molar refractivity (Wildman–Crippen MR) is 77.6 cm³/mol. The molecule has 2 aromatic rings. The Bertz CT molecular complexity index is 550. The molecule has 0 spiro atoms. The highest BCUT2D eigenvalue weighted by Crippen LogP contribution is 2.37. The summed E-state index contributed by atoms with van der Waals surface area (Å²) < 4.78 is 0. The van der Waals surface area contributed by atoms with Gasteiger partial charge in [0.2, 0.25) is 0 Å². The average molecular weight is 237 g/mol. The van der Waals surface area contributed by atoms with Crippen LogP contribution in [0.25, 0.3) is 11.1 Å². The molecule has 0 saturated heterocycles. The molecular weight excluding hydrogens is 218 g/mol. The first-order chi connectivity index (χ1) is 8.74. The SMILES string of the molecule is Cc1ccc(-c2ccc(C3CCC3)cc2)cc1N. The Kier molecular flexibility index (Phi) is 2.83. The minimum Gasteiger partial charge on any atom is -0.398 e. The zero-order valence-electron chi connectivity index (χ0n) is 10.8. The van der Waals surface area contributed by atoms with E-state index in [0.717, 1.165) is 17.2 Å². The molecule has 0 aliphatic heterocycles. The minimum atomic E-state index is 0.808. The molecule has 1 fully saturated rings. The lowest BCUT2D eigenvalue weighted by molar-refractivity contribution is 0.420. The van der Waals surface area contributed by atoms with Crippen molar-refractivity contribution in [3.05, 3.63) is 53.6 Å². The lowest BCUT2D eigenvalue weighted by Crippen LogP contribution is -2.08. The number of hydrogen-bond acceptors (Lipinski definition) is 1. The Morgan fingerprint density at radius 1 is 0.944 bits per heavy atom. The van der Waals surface area contributed by atoms with Crippen LogP contribution in [-0.2, 0) is 0 Å². The first-order valence-electron chi connectivity index (χ1n) is 6.70. The second-order valence-corrected chi connectivity index (χ2v) is 5.32. The lowest BCUT2D eigenvalue weighted by atomic mass is 9.80. The summed E-state index contributed by atoms with van der Waals surface area (Å²) in [7, 11) is 0. The fraction of sp³-hybridized carbons (Fsp3) is 0.294. The normalized spacial score (nSPS) is 15.4. The largest absolute Gasteiger partial charge is 0.398 e. The Hall–Kier alpha value is -1.76. The van der Waals surface area contributed by atoms with Crippen LogP contribution in [-0.4, -0.2) is 0 Å². The van der Waals surface area contributed by atoms with Crippen molar-refractivity contribution >= 4 is 5.69 Å². The molecule has 0 radical (unpaired) electrons. The molecule has 0 bridgehead atoms. The third-order valence-corrected chi connectivity index (χ3v) is 4.10. The molecular formula is C17H19N. The van der Waals surface area contributed by atoms with Crippen LogP contribution in [0.3, 0.4) is 0 Å². The van der Waals surface area contributed by atoms with Gasteiger partial charge in [-0.05, 0) is 54.0 Å². The summed E-state index contributed by atoms with van der Waals surface area (Å²) >= 11 is 0. The topological polar surface area (TPSA) is 26.0 Å². The van der Waals surface area contributed by atoms with Crippen molar-refractivity contribution in [1.82, 2.24) is 0 Å². The molecule has 18 heavy (non-hydrogen) atoms. The van der Waals surface area contributed by atoms with Crippen LogP contribution in [0, 0.1) is 6.92 Å². The molecule has 3 rings (SSSR count). The maximum Gasteiger partial charge on any atom is 0.0349 e. The van der Waals surface area contributed by atoms with E-state index in [-0.39, 0.29) is 0 Å². The molecule has 1 heteroatoms. The van der Waals surface area contributed by atoms with E-state index >= 15 is 0 Å². The molecule has 1 aliphatic rings. The van der Waals surface area contributed by atoms with Crippen molar-refractivity contribution in [3.63, 3.8) is 0 Å². The van der Waals surface area contributed by atoms with Gasteiger partial charge in [-0.25, -0.2) is 0 Å². The van der Waals surface area contributed by atoms with Crippen LogP contribution >= 0.6 is 0 Å². The number of anilines is 1. The van der Waals surface area contributed by atoms with E-state index in [1.807, 2.05) is 6.92 Å². The highest BCUT2D eigenvalue weighted by atomic mass is 14.5. The maximum absolute atomic E-state index is 5.97.